The molecule has 36 heavy (non-hydrogen) atoms. The molecule has 1 saturated heterocycles. The fourth-order valence-corrected chi connectivity index (χ4v) is 5.25. The Bertz CT molecular complexity index is 938. The van der Waals surface area contributed by atoms with Gasteiger partial charge < -0.3 is 14.8 Å². The van der Waals surface area contributed by atoms with Gasteiger partial charge in [0.25, 0.3) is 0 Å². The molecule has 196 valence electrons. The van der Waals surface area contributed by atoms with Crippen molar-refractivity contribution in [2.24, 2.45) is 11.8 Å². The van der Waals surface area contributed by atoms with E-state index >= 15 is 0 Å². The van der Waals surface area contributed by atoms with Crippen LogP contribution in [0.2, 0.25) is 0 Å². The molecule has 1 fully saturated rings. The molecule has 0 bridgehead atoms. The molecule has 3 rings (SSSR count). The molecular weight excluding hydrogens is 450 g/mol. The normalized spacial score (nSPS) is 23.1. The Kier molecular flexibility index (Phi) is 10.4. The van der Waals surface area contributed by atoms with E-state index in [4.69, 9.17) is 9.47 Å². The first-order valence-electron chi connectivity index (χ1n) is 13.5. The van der Waals surface area contributed by atoms with Gasteiger partial charge in [-0.3, -0.25) is 0 Å². The van der Waals surface area contributed by atoms with E-state index in [1.165, 1.54) is 11.1 Å². The van der Waals surface area contributed by atoms with Gasteiger partial charge in [0.15, 0.2) is 0 Å². The van der Waals surface area contributed by atoms with Gasteiger partial charge in [0.05, 0.1) is 0 Å². The smallest absolute Gasteiger partial charge is 0.408 e. The summed E-state index contributed by atoms with van der Waals surface area (Å²) in [5.41, 5.74) is 2.05. The van der Waals surface area contributed by atoms with Crippen molar-refractivity contribution in [3.8, 4) is 0 Å². The molecule has 4 atom stereocenters. The van der Waals surface area contributed by atoms with E-state index in [0.717, 1.165) is 44.9 Å². The van der Waals surface area contributed by atoms with Crippen LogP contribution < -0.4 is 5.32 Å². The SMILES string of the molecule is CC1OC(=O)C(NC(=O)OC(C)(C)C)CCCC(CCCc2ccccc2)C1CCc1ccccc1. The summed E-state index contributed by atoms with van der Waals surface area (Å²) in [6.07, 6.45) is 6.84. The lowest BCUT2D eigenvalue weighted by Gasteiger charge is -2.31. The number of rotatable bonds is 8. The molecule has 0 radical (unpaired) electrons. The number of carbonyl (C=O) groups excluding carboxylic acids is 2. The van der Waals surface area contributed by atoms with Crippen LogP contribution in [0.3, 0.4) is 0 Å². The third-order valence-electron chi connectivity index (χ3n) is 7.05. The highest BCUT2D eigenvalue weighted by atomic mass is 16.6. The van der Waals surface area contributed by atoms with E-state index < -0.39 is 17.7 Å². The van der Waals surface area contributed by atoms with Crippen LogP contribution in [-0.2, 0) is 27.1 Å². The fourth-order valence-electron chi connectivity index (χ4n) is 5.25. The minimum atomic E-state index is -0.680. The van der Waals surface area contributed by atoms with Crippen molar-refractivity contribution < 1.29 is 19.1 Å². The van der Waals surface area contributed by atoms with E-state index in [0.29, 0.717) is 12.3 Å². The Morgan fingerprint density at radius 1 is 0.944 bits per heavy atom. The van der Waals surface area contributed by atoms with E-state index in [1.54, 1.807) is 0 Å². The molecule has 0 aliphatic carbocycles. The molecule has 1 aliphatic heterocycles. The number of hydrogen-bond donors (Lipinski definition) is 1. The van der Waals surface area contributed by atoms with E-state index in [-0.39, 0.29) is 18.0 Å². The van der Waals surface area contributed by atoms with Crippen LogP contribution in [0, 0.1) is 11.8 Å². The number of aryl methyl sites for hydroxylation is 2. The van der Waals surface area contributed by atoms with Crippen molar-refractivity contribution in [2.75, 3.05) is 0 Å². The first kappa shape index (κ1) is 27.8. The average molecular weight is 494 g/mol. The molecule has 2 aromatic rings. The summed E-state index contributed by atoms with van der Waals surface area (Å²) in [5, 5.41) is 2.76. The van der Waals surface area contributed by atoms with Crippen LogP contribution in [0.15, 0.2) is 60.7 Å². The third kappa shape index (κ3) is 9.33. The van der Waals surface area contributed by atoms with Crippen molar-refractivity contribution >= 4 is 12.1 Å². The number of cyclic esters (lactones) is 1. The molecule has 2 aromatic carbocycles. The van der Waals surface area contributed by atoms with Crippen molar-refractivity contribution in [1.29, 1.82) is 0 Å². The molecule has 0 aromatic heterocycles. The molecule has 0 spiro atoms. The maximum Gasteiger partial charge on any atom is 0.408 e. The highest BCUT2D eigenvalue weighted by Gasteiger charge is 2.34. The Morgan fingerprint density at radius 3 is 2.17 bits per heavy atom. The number of benzene rings is 2. The summed E-state index contributed by atoms with van der Waals surface area (Å²) in [6, 6.07) is 20.5. The summed E-state index contributed by atoms with van der Waals surface area (Å²) in [7, 11) is 0. The van der Waals surface area contributed by atoms with E-state index in [1.807, 2.05) is 33.8 Å². The molecule has 4 unspecified atom stereocenters. The second kappa shape index (κ2) is 13.5. The molecular formula is C31H43NO4. The van der Waals surface area contributed by atoms with Crippen LogP contribution in [0.25, 0.3) is 0 Å². The lowest BCUT2D eigenvalue weighted by molar-refractivity contribution is -0.154. The lowest BCUT2D eigenvalue weighted by Crippen LogP contribution is -2.45. The largest absolute Gasteiger partial charge is 0.461 e. The van der Waals surface area contributed by atoms with Crippen molar-refractivity contribution in [2.45, 2.75) is 96.8 Å². The second-order valence-corrected chi connectivity index (χ2v) is 11.1. The van der Waals surface area contributed by atoms with Crippen LogP contribution in [0.5, 0.6) is 0 Å². The van der Waals surface area contributed by atoms with Crippen LogP contribution in [-0.4, -0.2) is 29.8 Å². The quantitative estimate of drug-likeness (QED) is 0.407. The Hall–Kier alpha value is -2.82. The van der Waals surface area contributed by atoms with Crippen molar-refractivity contribution in [3.63, 3.8) is 0 Å². The number of nitrogens with one attached hydrogen (secondary N) is 1. The lowest BCUT2D eigenvalue weighted by atomic mass is 9.78. The highest BCUT2D eigenvalue weighted by molar-refractivity contribution is 5.81. The minimum absolute atomic E-state index is 0.219. The highest BCUT2D eigenvalue weighted by Crippen LogP contribution is 2.34. The predicted octanol–water partition coefficient (Wildman–Crippen LogP) is 6.88. The number of carbonyl (C=O) groups is 2. The van der Waals surface area contributed by atoms with Gasteiger partial charge in [0, 0.05) is 0 Å². The average Bonchev–Trinajstić information content (AvgIpc) is 2.87. The van der Waals surface area contributed by atoms with Gasteiger partial charge in [-0.1, -0.05) is 67.1 Å². The Labute approximate surface area is 217 Å². The van der Waals surface area contributed by atoms with E-state index in [9.17, 15) is 9.59 Å². The number of hydrogen-bond acceptors (Lipinski definition) is 4. The maximum atomic E-state index is 13.1. The zero-order valence-electron chi connectivity index (χ0n) is 22.4. The first-order valence-corrected chi connectivity index (χ1v) is 13.5. The summed E-state index contributed by atoms with van der Waals surface area (Å²) in [6.45, 7) is 7.46. The van der Waals surface area contributed by atoms with Crippen LogP contribution in [0.4, 0.5) is 4.79 Å². The molecule has 1 amide bonds. The molecule has 1 aliphatic rings. The fraction of sp³-hybridized carbons (Fsp3) is 0.548. The van der Waals surface area contributed by atoms with Gasteiger partial charge in [-0.2, -0.15) is 0 Å². The number of esters is 1. The van der Waals surface area contributed by atoms with Gasteiger partial charge in [-0.25, -0.2) is 9.59 Å². The number of ether oxygens (including phenoxy) is 2. The maximum absolute atomic E-state index is 13.1. The predicted molar refractivity (Wildman–Crippen MR) is 144 cm³/mol. The standard InChI is InChI=1S/C31H43NO4/c1-23-27(22-21-25-15-9-6-10-16-25)26(18-11-17-24-13-7-5-8-14-24)19-12-20-28(29(33)35-23)32-30(34)36-31(2,3)4/h5-10,13-16,23,26-28H,11-12,17-22H2,1-4H3,(H,32,34). The van der Waals surface area contributed by atoms with Crippen LogP contribution in [0.1, 0.15) is 77.3 Å². The molecule has 5 heteroatoms. The van der Waals surface area contributed by atoms with E-state index in [2.05, 4.69) is 59.9 Å². The van der Waals surface area contributed by atoms with Gasteiger partial charge in [0.1, 0.15) is 17.7 Å². The number of amides is 1. The topological polar surface area (TPSA) is 64.6 Å². The summed E-state index contributed by atoms with van der Waals surface area (Å²) in [5.74, 6) is 0.369. The van der Waals surface area contributed by atoms with Gasteiger partial charge in [-0.05, 0) is 95.6 Å². The summed E-state index contributed by atoms with van der Waals surface area (Å²) < 4.78 is 11.4. The molecule has 5 nitrogen and oxygen atoms in total. The summed E-state index contributed by atoms with van der Waals surface area (Å²) >= 11 is 0. The van der Waals surface area contributed by atoms with Crippen molar-refractivity contribution in [1.82, 2.24) is 5.32 Å². The zero-order valence-corrected chi connectivity index (χ0v) is 22.4. The first-order chi connectivity index (χ1) is 17.2. The summed E-state index contributed by atoms with van der Waals surface area (Å²) in [4.78, 5) is 25.4. The number of alkyl carbamates (subject to hydrolysis) is 1. The van der Waals surface area contributed by atoms with Crippen LogP contribution >= 0.6 is 0 Å². The third-order valence-corrected chi connectivity index (χ3v) is 7.05. The molecule has 1 N–H and O–H groups in total. The van der Waals surface area contributed by atoms with Gasteiger partial charge >= 0.3 is 12.1 Å². The molecule has 0 saturated carbocycles. The van der Waals surface area contributed by atoms with Crippen molar-refractivity contribution in [3.05, 3.63) is 71.8 Å². The second-order valence-electron chi connectivity index (χ2n) is 11.1. The van der Waals surface area contributed by atoms with Gasteiger partial charge in [-0.15, -0.1) is 0 Å². The van der Waals surface area contributed by atoms with Gasteiger partial charge in [0.2, 0.25) is 0 Å². The minimum Gasteiger partial charge on any atom is -0.461 e. The Morgan fingerprint density at radius 2 is 1.56 bits per heavy atom. The molecule has 1 heterocycles. The Balaban J connectivity index is 1.69. The monoisotopic (exact) mass is 493 g/mol. The zero-order chi connectivity index (χ0) is 26.0.